The van der Waals surface area contributed by atoms with Crippen LogP contribution in [0.4, 0.5) is 30.4 Å². The van der Waals surface area contributed by atoms with Gasteiger partial charge in [-0.05, 0) is 61.5 Å². The lowest BCUT2D eigenvalue weighted by Crippen LogP contribution is -2.47. The maximum Gasteiger partial charge on any atom is 0.490 e. The van der Waals surface area contributed by atoms with Crippen molar-refractivity contribution in [3.63, 3.8) is 0 Å². The number of piperazine rings is 1. The van der Waals surface area contributed by atoms with E-state index in [1.807, 2.05) is 30.0 Å². The lowest BCUT2D eigenvalue weighted by molar-refractivity contribution is -0.192. The van der Waals surface area contributed by atoms with Gasteiger partial charge in [0.15, 0.2) is 0 Å². The third-order valence-electron chi connectivity index (χ3n) is 5.77. The number of anilines is 3. The van der Waals surface area contributed by atoms with Crippen LogP contribution in [0.15, 0.2) is 71.8 Å². The summed E-state index contributed by atoms with van der Waals surface area (Å²) < 4.78 is 65.9. The summed E-state index contributed by atoms with van der Waals surface area (Å²) >= 11 is 0. The first kappa shape index (κ1) is 31.0. The number of pyridine rings is 1. The molecule has 2 heterocycles. The Bertz CT molecular complexity index is 1450. The van der Waals surface area contributed by atoms with E-state index in [0.717, 1.165) is 5.82 Å². The molecule has 0 spiro atoms. The van der Waals surface area contributed by atoms with Crippen molar-refractivity contribution in [2.75, 3.05) is 47.3 Å². The second-order valence-electron chi connectivity index (χ2n) is 8.51. The summed E-state index contributed by atoms with van der Waals surface area (Å²) in [5, 5.41) is 16.6. The molecule has 3 aromatic rings. The number of ether oxygens (including phenoxy) is 1. The second kappa shape index (κ2) is 13.2. The lowest BCUT2D eigenvalue weighted by atomic mass is 10.1. The number of aromatic carboxylic acids is 1. The van der Waals surface area contributed by atoms with Crippen LogP contribution in [0.2, 0.25) is 0 Å². The fraction of sp³-hybridized carbons (Fsp3) is 0.269. The number of halogens is 3. The maximum atomic E-state index is 13.1. The largest absolute Gasteiger partial charge is 0.494 e. The predicted octanol–water partition coefficient (Wildman–Crippen LogP) is 3.94. The SMILES string of the molecule is CCOc1ccc(S(=O)(=O)Nc2cc(C(=O)O)ccc2N2CCN(c3ccccn3)CC2)cc1.O=C(O)C(F)(F)F. The molecule has 0 atom stereocenters. The van der Waals surface area contributed by atoms with Crippen molar-refractivity contribution in [1.29, 1.82) is 0 Å². The highest BCUT2D eigenvalue weighted by molar-refractivity contribution is 7.92. The molecule has 3 N–H and O–H groups in total. The van der Waals surface area contributed by atoms with Gasteiger partial charge >= 0.3 is 18.1 Å². The van der Waals surface area contributed by atoms with E-state index in [4.69, 9.17) is 14.6 Å². The number of carboxylic acid groups (broad SMARTS) is 2. The van der Waals surface area contributed by atoms with Gasteiger partial charge in [-0.2, -0.15) is 13.2 Å². The normalized spacial score (nSPS) is 13.6. The van der Waals surface area contributed by atoms with Gasteiger partial charge in [0, 0.05) is 32.4 Å². The summed E-state index contributed by atoms with van der Waals surface area (Å²) in [6.45, 7) is 4.97. The number of carbonyl (C=O) groups is 2. The van der Waals surface area contributed by atoms with Crippen molar-refractivity contribution in [2.24, 2.45) is 0 Å². The van der Waals surface area contributed by atoms with E-state index in [9.17, 15) is 31.5 Å². The maximum absolute atomic E-state index is 13.1. The van der Waals surface area contributed by atoms with Gasteiger partial charge in [0.2, 0.25) is 0 Å². The average molecular weight is 597 g/mol. The first-order valence-electron chi connectivity index (χ1n) is 12.2. The van der Waals surface area contributed by atoms with Crippen LogP contribution in [0, 0.1) is 0 Å². The van der Waals surface area contributed by atoms with Gasteiger partial charge in [0.25, 0.3) is 10.0 Å². The van der Waals surface area contributed by atoms with E-state index in [0.29, 0.717) is 44.2 Å². The Morgan fingerprint density at radius 1 is 0.976 bits per heavy atom. The van der Waals surface area contributed by atoms with Gasteiger partial charge in [0.05, 0.1) is 28.4 Å². The molecule has 0 radical (unpaired) electrons. The summed E-state index contributed by atoms with van der Waals surface area (Å²) in [5.74, 6) is -2.43. The van der Waals surface area contributed by atoms with Gasteiger partial charge in [0.1, 0.15) is 11.6 Å². The fourth-order valence-electron chi connectivity index (χ4n) is 3.83. The number of hydrogen-bond donors (Lipinski definition) is 3. The van der Waals surface area contributed by atoms with Gasteiger partial charge in [-0.15, -0.1) is 0 Å². The highest BCUT2D eigenvalue weighted by Gasteiger charge is 2.38. The van der Waals surface area contributed by atoms with Crippen LogP contribution in [0.5, 0.6) is 5.75 Å². The molecule has 0 unspecified atom stereocenters. The smallest absolute Gasteiger partial charge is 0.490 e. The molecular weight excluding hydrogens is 569 g/mol. The number of aliphatic carboxylic acids is 1. The molecule has 11 nitrogen and oxygen atoms in total. The van der Waals surface area contributed by atoms with Crippen LogP contribution in [0.1, 0.15) is 17.3 Å². The zero-order valence-electron chi connectivity index (χ0n) is 21.7. The molecule has 1 aliphatic heterocycles. The lowest BCUT2D eigenvalue weighted by Gasteiger charge is -2.37. The van der Waals surface area contributed by atoms with E-state index in [1.54, 1.807) is 24.4 Å². The molecule has 0 bridgehead atoms. The number of nitrogens with one attached hydrogen (secondary N) is 1. The molecule has 15 heteroatoms. The average Bonchev–Trinajstić information content (AvgIpc) is 2.94. The highest BCUT2D eigenvalue weighted by atomic mass is 32.2. The summed E-state index contributed by atoms with van der Waals surface area (Å²) in [7, 11) is -3.95. The predicted molar refractivity (Wildman–Crippen MR) is 144 cm³/mol. The zero-order valence-corrected chi connectivity index (χ0v) is 22.5. The van der Waals surface area contributed by atoms with Crippen LogP contribution < -0.4 is 19.3 Å². The highest BCUT2D eigenvalue weighted by Crippen LogP contribution is 2.31. The molecule has 1 aromatic heterocycles. The van der Waals surface area contributed by atoms with Crippen molar-refractivity contribution in [3.05, 3.63) is 72.4 Å². The van der Waals surface area contributed by atoms with Crippen LogP contribution in [-0.4, -0.2) is 74.5 Å². The minimum absolute atomic E-state index is 0.000246. The number of benzene rings is 2. The van der Waals surface area contributed by atoms with Crippen molar-refractivity contribution in [1.82, 2.24) is 4.98 Å². The Morgan fingerprint density at radius 2 is 1.59 bits per heavy atom. The van der Waals surface area contributed by atoms with E-state index in [2.05, 4.69) is 14.6 Å². The van der Waals surface area contributed by atoms with Crippen molar-refractivity contribution in [2.45, 2.75) is 18.0 Å². The molecule has 41 heavy (non-hydrogen) atoms. The number of hydrogen-bond acceptors (Lipinski definition) is 8. The fourth-order valence-corrected chi connectivity index (χ4v) is 4.89. The van der Waals surface area contributed by atoms with Crippen LogP contribution in [0.25, 0.3) is 0 Å². The number of alkyl halides is 3. The Labute approximate surface area is 233 Å². The summed E-state index contributed by atoms with van der Waals surface area (Å²) in [6.07, 6.45) is -3.33. The first-order chi connectivity index (χ1) is 19.3. The third-order valence-corrected chi connectivity index (χ3v) is 7.15. The van der Waals surface area contributed by atoms with Crippen LogP contribution in [-0.2, 0) is 14.8 Å². The minimum Gasteiger partial charge on any atom is -0.494 e. The van der Waals surface area contributed by atoms with Crippen LogP contribution >= 0.6 is 0 Å². The zero-order chi connectivity index (χ0) is 30.2. The van der Waals surface area contributed by atoms with E-state index in [-0.39, 0.29) is 16.1 Å². The van der Waals surface area contributed by atoms with Gasteiger partial charge in [-0.1, -0.05) is 6.07 Å². The van der Waals surface area contributed by atoms with Gasteiger partial charge < -0.3 is 24.7 Å². The Hall–Kier alpha value is -4.53. The Balaban J connectivity index is 0.000000587. The molecule has 0 saturated carbocycles. The molecule has 1 fully saturated rings. The topological polar surface area (TPSA) is 149 Å². The Morgan fingerprint density at radius 3 is 2.10 bits per heavy atom. The van der Waals surface area contributed by atoms with Gasteiger partial charge in [-0.3, -0.25) is 4.72 Å². The van der Waals surface area contributed by atoms with Crippen molar-refractivity contribution in [3.8, 4) is 5.75 Å². The quantitative estimate of drug-likeness (QED) is 0.349. The number of carboxylic acids is 2. The standard InChI is InChI=1S/C24H26N4O5S.C2HF3O2/c1-2-33-19-7-9-20(10-8-19)34(31,32)26-21-17-18(24(29)30)6-11-22(21)27-13-15-28(16-14-27)23-5-3-4-12-25-23;3-2(4,5)1(6)7/h3-12,17,26H,2,13-16H2,1H3,(H,29,30);(H,6,7). The monoisotopic (exact) mass is 596 g/mol. The molecule has 220 valence electrons. The molecule has 2 aromatic carbocycles. The molecule has 1 aliphatic rings. The molecule has 1 saturated heterocycles. The third kappa shape index (κ3) is 8.48. The Kier molecular flexibility index (Phi) is 9.99. The van der Waals surface area contributed by atoms with Crippen LogP contribution in [0.3, 0.4) is 0 Å². The molecule has 0 amide bonds. The van der Waals surface area contributed by atoms with Gasteiger partial charge in [-0.25, -0.2) is 23.0 Å². The minimum atomic E-state index is -5.08. The molecule has 4 rings (SSSR count). The number of sulfonamides is 1. The van der Waals surface area contributed by atoms with Crippen molar-refractivity contribution < 1.29 is 46.1 Å². The summed E-state index contributed by atoms with van der Waals surface area (Å²) in [5.41, 5.74) is 0.848. The second-order valence-corrected chi connectivity index (χ2v) is 10.2. The number of rotatable bonds is 8. The van der Waals surface area contributed by atoms with E-state index < -0.39 is 28.1 Å². The molecule has 0 aliphatic carbocycles. The molecular formula is C26H27F3N4O7S. The number of nitrogens with zero attached hydrogens (tertiary/aromatic N) is 3. The van der Waals surface area contributed by atoms with E-state index in [1.165, 1.54) is 24.3 Å². The summed E-state index contributed by atoms with van der Waals surface area (Å²) in [4.78, 5) is 29.1. The van der Waals surface area contributed by atoms with Crippen molar-refractivity contribution >= 4 is 39.2 Å². The first-order valence-corrected chi connectivity index (χ1v) is 13.6. The number of aromatic nitrogens is 1. The van der Waals surface area contributed by atoms with E-state index >= 15 is 0 Å². The summed E-state index contributed by atoms with van der Waals surface area (Å²) in [6, 6.07) is 16.3.